The SMILES string of the molecule is O=C(Nc1ncn(Cc2ccc(F)cc2)n1)c1ccn(COc2ccc(Br)cc2)n1. The fraction of sp³-hybridized carbons (Fsp3) is 0.100. The third kappa shape index (κ3) is 5.09. The number of carbonyl (C=O) groups is 1. The molecule has 0 radical (unpaired) electrons. The minimum atomic E-state index is -0.433. The number of hydrogen-bond donors (Lipinski definition) is 1. The van der Waals surface area contributed by atoms with E-state index in [2.05, 4.69) is 36.4 Å². The highest BCUT2D eigenvalue weighted by Gasteiger charge is 2.12. The van der Waals surface area contributed by atoms with E-state index in [0.29, 0.717) is 12.3 Å². The number of halogens is 2. The predicted octanol–water partition coefficient (Wildman–Crippen LogP) is 3.71. The summed E-state index contributed by atoms with van der Waals surface area (Å²) in [6, 6.07) is 15.1. The van der Waals surface area contributed by atoms with Crippen molar-refractivity contribution in [1.82, 2.24) is 24.5 Å². The van der Waals surface area contributed by atoms with Crippen LogP contribution in [0, 0.1) is 5.82 Å². The van der Waals surface area contributed by atoms with Crippen LogP contribution in [0.1, 0.15) is 16.1 Å². The molecule has 1 amide bonds. The van der Waals surface area contributed by atoms with Gasteiger partial charge in [-0.25, -0.2) is 18.7 Å². The minimum Gasteiger partial charge on any atom is -0.471 e. The third-order valence-electron chi connectivity index (χ3n) is 4.07. The highest BCUT2D eigenvalue weighted by atomic mass is 79.9. The fourth-order valence-electron chi connectivity index (χ4n) is 2.60. The van der Waals surface area contributed by atoms with Crippen LogP contribution in [0.3, 0.4) is 0 Å². The molecule has 0 aliphatic rings. The van der Waals surface area contributed by atoms with E-state index in [0.717, 1.165) is 10.0 Å². The monoisotopic (exact) mass is 470 g/mol. The van der Waals surface area contributed by atoms with Crippen molar-refractivity contribution in [3.8, 4) is 5.75 Å². The van der Waals surface area contributed by atoms with Crippen LogP contribution in [-0.4, -0.2) is 30.5 Å². The summed E-state index contributed by atoms with van der Waals surface area (Å²) in [4.78, 5) is 16.4. The molecule has 30 heavy (non-hydrogen) atoms. The first-order valence-electron chi connectivity index (χ1n) is 8.92. The molecule has 0 spiro atoms. The number of aromatic nitrogens is 5. The summed E-state index contributed by atoms with van der Waals surface area (Å²) < 4.78 is 22.6. The molecule has 10 heteroatoms. The molecule has 2 heterocycles. The van der Waals surface area contributed by atoms with Crippen LogP contribution < -0.4 is 10.1 Å². The van der Waals surface area contributed by atoms with Gasteiger partial charge in [-0.1, -0.05) is 28.1 Å². The Morgan fingerprint density at radius 3 is 2.57 bits per heavy atom. The molecule has 0 bridgehead atoms. The standard InChI is InChI=1S/C20H16BrFN6O2/c21-15-3-7-17(8-4-15)30-13-27-10-9-18(25-27)19(29)24-20-23-12-28(26-20)11-14-1-5-16(22)6-2-14/h1-10,12H,11,13H2,(H,24,26,29). The van der Waals surface area contributed by atoms with E-state index in [4.69, 9.17) is 4.74 Å². The Labute approximate surface area is 179 Å². The number of rotatable bonds is 7. The molecule has 152 valence electrons. The smallest absolute Gasteiger partial charge is 0.278 e. The van der Waals surface area contributed by atoms with E-state index in [9.17, 15) is 9.18 Å². The van der Waals surface area contributed by atoms with Gasteiger partial charge in [0.25, 0.3) is 5.91 Å². The first-order valence-corrected chi connectivity index (χ1v) is 9.71. The van der Waals surface area contributed by atoms with Gasteiger partial charge in [0, 0.05) is 10.7 Å². The maximum absolute atomic E-state index is 13.0. The zero-order chi connectivity index (χ0) is 20.9. The molecule has 4 rings (SSSR count). The number of amides is 1. The van der Waals surface area contributed by atoms with Gasteiger partial charge in [0.2, 0.25) is 5.95 Å². The second kappa shape index (κ2) is 8.87. The van der Waals surface area contributed by atoms with E-state index in [1.54, 1.807) is 29.1 Å². The zero-order valence-corrected chi connectivity index (χ0v) is 17.2. The van der Waals surface area contributed by atoms with Crippen LogP contribution in [0.25, 0.3) is 0 Å². The normalized spacial score (nSPS) is 10.7. The summed E-state index contributed by atoms with van der Waals surface area (Å²) in [7, 11) is 0. The molecule has 4 aromatic rings. The quantitative estimate of drug-likeness (QED) is 0.444. The first-order chi connectivity index (χ1) is 14.5. The lowest BCUT2D eigenvalue weighted by Gasteiger charge is -2.06. The maximum Gasteiger partial charge on any atom is 0.278 e. The largest absolute Gasteiger partial charge is 0.471 e. The van der Waals surface area contributed by atoms with Crippen molar-refractivity contribution in [2.45, 2.75) is 13.3 Å². The number of anilines is 1. The van der Waals surface area contributed by atoms with Gasteiger partial charge in [-0.3, -0.25) is 10.1 Å². The Balaban J connectivity index is 1.32. The van der Waals surface area contributed by atoms with Crippen molar-refractivity contribution in [3.05, 3.63) is 88.7 Å². The average molecular weight is 471 g/mol. The number of ether oxygens (including phenoxy) is 1. The lowest BCUT2D eigenvalue weighted by atomic mass is 10.2. The van der Waals surface area contributed by atoms with Gasteiger partial charge in [-0.2, -0.15) is 5.10 Å². The Kier molecular flexibility index (Phi) is 5.84. The molecule has 0 unspecified atom stereocenters. The summed E-state index contributed by atoms with van der Waals surface area (Å²) in [6.45, 7) is 0.574. The number of nitrogens with one attached hydrogen (secondary N) is 1. The van der Waals surface area contributed by atoms with Gasteiger partial charge in [0.05, 0.1) is 6.54 Å². The summed E-state index contributed by atoms with van der Waals surface area (Å²) in [5.41, 5.74) is 1.08. The van der Waals surface area contributed by atoms with Crippen molar-refractivity contribution < 1.29 is 13.9 Å². The number of carbonyl (C=O) groups excluding carboxylic acids is 1. The highest BCUT2D eigenvalue weighted by molar-refractivity contribution is 9.10. The molecule has 0 saturated heterocycles. The van der Waals surface area contributed by atoms with Crippen LogP contribution in [0.15, 0.2) is 71.6 Å². The van der Waals surface area contributed by atoms with E-state index in [1.807, 2.05) is 24.3 Å². The van der Waals surface area contributed by atoms with E-state index >= 15 is 0 Å². The fourth-order valence-corrected chi connectivity index (χ4v) is 2.86. The summed E-state index contributed by atoms with van der Waals surface area (Å²) in [5.74, 6) is 0.113. The molecule has 0 saturated carbocycles. The zero-order valence-electron chi connectivity index (χ0n) is 15.6. The molecule has 0 aliphatic carbocycles. The van der Waals surface area contributed by atoms with Crippen LogP contribution in [0.4, 0.5) is 10.3 Å². The molecule has 0 atom stereocenters. The Morgan fingerprint density at radius 1 is 1.03 bits per heavy atom. The lowest BCUT2D eigenvalue weighted by Crippen LogP contribution is -2.15. The van der Waals surface area contributed by atoms with Gasteiger partial charge >= 0.3 is 0 Å². The molecular formula is C20H16BrFN6O2. The van der Waals surface area contributed by atoms with E-state index in [-0.39, 0.29) is 24.2 Å². The maximum atomic E-state index is 13.0. The van der Waals surface area contributed by atoms with Gasteiger partial charge in [-0.15, -0.1) is 5.10 Å². The van der Waals surface area contributed by atoms with Crippen molar-refractivity contribution in [2.24, 2.45) is 0 Å². The Morgan fingerprint density at radius 2 is 1.80 bits per heavy atom. The van der Waals surface area contributed by atoms with Gasteiger partial charge < -0.3 is 4.74 Å². The molecule has 2 aromatic carbocycles. The molecule has 8 nitrogen and oxygen atoms in total. The van der Waals surface area contributed by atoms with Crippen molar-refractivity contribution >= 4 is 27.8 Å². The molecule has 0 fully saturated rings. The van der Waals surface area contributed by atoms with Crippen LogP contribution in [0.5, 0.6) is 5.75 Å². The first kappa shape index (κ1) is 19.8. The van der Waals surface area contributed by atoms with Crippen molar-refractivity contribution in [1.29, 1.82) is 0 Å². The van der Waals surface area contributed by atoms with Crippen LogP contribution >= 0.6 is 15.9 Å². The molecule has 0 aliphatic heterocycles. The summed E-state index contributed by atoms with van der Waals surface area (Å²) in [6.07, 6.45) is 3.14. The topological polar surface area (TPSA) is 86.9 Å². The van der Waals surface area contributed by atoms with Gasteiger partial charge in [-0.05, 0) is 48.0 Å². The summed E-state index contributed by atoms with van der Waals surface area (Å²) in [5, 5.41) is 11.0. The second-order valence-electron chi connectivity index (χ2n) is 6.31. The average Bonchev–Trinajstić information content (AvgIpc) is 3.39. The Hall–Kier alpha value is -3.53. The van der Waals surface area contributed by atoms with E-state index in [1.165, 1.54) is 23.1 Å². The third-order valence-corrected chi connectivity index (χ3v) is 4.60. The Bertz CT molecular complexity index is 1140. The van der Waals surface area contributed by atoms with Crippen molar-refractivity contribution in [3.63, 3.8) is 0 Å². The van der Waals surface area contributed by atoms with Crippen LogP contribution in [-0.2, 0) is 13.3 Å². The van der Waals surface area contributed by atoms with Gasteiger partial charge in [0.15, 0.2) is 12.4 Å². The lowest BCUT2D eigenvalue weighted by molar-refractivity contribution is 0.101. The van der Waals surface area contributed by atoms with Crippen LogP contribution in [0.2, 0.25) is 0 Å². The highest BCUT2D eigenvalue weighted by Crippen LogP contribution is 2.16. The number of benzene rings is 2. The predicted molar refractivity (Wildman–Crippen MR) is 110 cm³/mol. The number of nitrogens with zero attached hydrogens (tertiary/aromatic N) is 5. The van der Waals surface area contributed by atoms with Crippen molar-refractivity contribution in [2.75, 3.05) is 5.32 Å². The minimum absolute atomic E-state index is 0.155. The number of hydrogen-bond acceptors (Lipinski definition) is 5. The second-order valence-corrected chi connectivity index (χ2v) is 7.23. The van der Waals surface area contributed by atoms with E-state index < -0.39 is 5.91 Å². The van der Waals surface area contributed by atoms with Gasteiger partial charge in [0.1, 0.15) is 17.9 Å². The molecule has 2 aromatic heterocycles. The molecule has 1 N–H and O–H groups in total. The summed E-state index contributed by atoms with van der Waals surface area (Å²) >= 11 is 3.37. The molecular weight excluding hydrogens is 455 g/mol.